The minimum absolute atomic E-state index is 0.708. The van der Waals surface area contributed by atoms with Crippen LogP contribution in [0.2, 0.25) is 0 Å². The van der Waals surface area contributed by atoms with Gasteiger partial charge in [0.2, 0.25) is 0 Å². The lowest BCUT2D eigenvalue weighted by atomic mass is 10.3. The molecular formula is C12H21N3S2. The molecule has 1 saturated heterocycles. The molecule has 0 amide bonds. The highest BCUT2D eigenvalue weighted by atomic mass is 32.2. The van der Waals surface area contributed by atoms with Gasteiger partial charge in [0.25, 0.3) is 0 Å². The zero-order valence-electron chi connectivity index (χ0n) is 10.8. The number of anilines is 1. The van der Waals surface area contributed by atoms with Crippen LogP contribution in [0.3, 0.4) is 0 Å². The van der Waals surface area contributed by atoms with Crippen LogP contribution in [0.15, 0.2) is 5.38 Å². The van der Waals surface area contributed by atoms with Gasteiger partial charge in [0, 0.05) is 35.5 Å². The van der Waals surface area contributed by atoms with Gasteiger partial charge in [-0.15, -0.1) is 11.3 Å². The van der Waals surface area contributed by atoms with Crippen LogP contribution in [0.4, 0.5) is 5.13 Å². The molecule has 0 bridgehead atoms. The van der Waals surface area contributed by atoms with Crippen LogP contribution in [0.25, 0.3) is 0 Å². The van der Waals surface area contributed by atoms with Crippen LogP contribution >= 0.6 is 23.1 Å². The highest BCUT2D eigenvalue weighted by molar-refractivity contribution is 8.00. The van der Waals surface area contributed by atoms with Crippen molar-refractivity contribution in [2.75, 3.05) is 24.5 Å². The van der Waals surface area contributed by atoms with Crippen molar-refractivity contribution in [1.29, 1.82) is 0 Å². The molecule has 17 heavy (non-hydrogen) atoms. The van der Waals surface area contributed by atoms with Crippen molar-refractivity contribution in [2.24, 2.45) is 0 Å². The summed E-state index contributed by atoms with van der Waals surface area (Å²) < 4.78 is 0. The summed E-state index contributed by atoms with van der Waals surface area (Å²) >= 11 is 3.86. The normalized spacial score (nSPS) is 25.2. The van der Waals surface area contributed by atoms with E-state index < -0.39 is 0 Å². The first-order chi connectivity index (χ1) is 8.19. The van der Waals surface area contributed by atoms with Crippen molar-refractivity contribution >= 4 is 28.2 Å². The highest BCUT2D eigenvalue weighted by Gasteiger charge is 2.24. The fourth-order valence-corrected chi connectivity index (χ4v) is 4.28. The summed E-state index contributed by atoms with van der Waals surface area (Å²) in [4.78, 5) is 7.15. The number of aromatic nitrogens is 1. The molecule has 3 nitrogen and oxygen atoms in total. The Hall–Kier alpha value is -0.260. The summed E-state index contributed by atoms with van der Waals surface area (Å²) in [5.41, 5.74) is 1.17. The number of nitrogens with zero attached hydrogens (tertiary/aromatic N) is 2. The van der Waals surface area contributed by atoms with Gasteiger partial charge in [-0.1, -0.05) is 20.8 Å². The Balaban J connectivity index is 1.98. The number of thiazole rings is 1. The van der Waals surface area contributed by atoms with Gasteiger partial charge < -0.3 is 10.2 Å². The molecule has 1 aromatic heterocycles. The maximum absolute atomic E-state index is 4.71. The van der Waals surface area contributed by atoms with Crippen LogP contribution in [-0.4, -0.2) is 35.1 Å². The van der Waals surface area contributed by atoms with Gasteiger partial charge in [0.15, 0.2) is 5.13 Å². The van der Waals surface area contributed by atoms with E-state index in [1.165, 1.54) is 10.8 Å². The molecule has 5 heteroatoms. The monoisotopic (exact) mass is 271 g/mol. The molecule has 2 unspecified atom stereocenters. The summed E-state index contributed by atoms with van der Waals surface area (Å²) in [5, 5.41) is 8.10. The number of hydrogen-bond donors (Lipinski definition) is 1. The number of hydrogen-bond acceptors (Lipinski definition) is 5. The van der Waals surface area contributed by atoms with Gasteiger partial charge in [-0.05, 0) is 6.54 Å². The van der Waals surface area contributed by atoms with Gasteiger partial charge in [-0.25, -0.2) is 4.98 Å². The molecule has 1 aliphatic heterocycles. The van der Waals surface area contributed by atoms with Crippen LogP contribution in [0.5, 0.6) is 0 Å². The standard InChI is InChI=1S/C12H21N3S2/c1-4-13-5-11-8-16-12(14-11)15-6-9(2)17-10(3)7-15/h8-10,13H,4-7H2,1-3H3. The zero-order valence-corrected chi connectivity index (χ0v) is 12.4. The van der Waals surface area contributed by atoms with Crippen molar-refractivity contribution in [3.8, 4) is 0 Å². The van der Waals surface area contributed by atoms with Gasteiger partial charge in [-0.3, -0.25) is 0 Å². The average molecular weight is 271 g/mol. The lowest BCUT2D eigenvalue weighted by Gasteiger charge is -2.34. The Morgan fingerprint density at radius 1 is 1.41 bits per heavy atom. The van der Waals surface area contributed by atoms with Gasteiger partial charge in [0.1, 0.15) is 0 Å². The fourth-order valence-electron chi connectivity index (χ4n) is 2.11. The Labute approximate surface area is 112 Å². The third-order valence-corrected chi connectivity index (χ3v) is 4.96. The van der Waals surface area contributed by atoms with Gasteiger partial charge in [-0.2, -0.15) is 11.8 Å². The SMILES string of the molecule is CCNCc1csc(N2CC(C)SC(C)C2)n1. The van der Waals surface area contributed by atoms with E-state index in [0.717, 1.165) is 26.2 Å². The van der Waals surface area contributed by atoms with E-state index >= 15 is 0 Å². The number of nitrogens with one attached hydrogen (secondary N) is 1. The first-order valence-corrected chi connectivity index (χ1v) is 8.06. The zero-order chi connectivity index (χ0) is 12.3. The quantitative estimate of drug-likeness (QED) is 0.911. The van der Waals surface area contributed by atoms with E-state index in [-0.39, 0.29) is 0 Å². The van der Waals surface area contributed by atoms with Crippen molar-refractivity contribution in [2.45, 2.75) is 37.8 Å². The smallest absolute Gasteiger partial charge is 0.185 e. The van der Waals surface area contributed by atoms with E-state index in [1.54, 1.807) is 11.3 Å². The van der Waals surface area contributed by atoms with E-state index in [4.69, 9.17) is 4.98 Å². The molecular weight excluding hydrogens is 250 g/mol. The van der Waals surface area contributed by atoms with Crippen LogP contribution in [0, 0.1) is 0 Å². The number of thioether (sulfide) groups is 1. The predicted octanol–water partition coefficient (Wildman–Crippen LogP) is 2.58. The maximum atomic E-state index is 4.71. The molecule has 0 spiro atoms. The first kappa shape index (κ1) is 13.2. The van der Waals surface area contributed by atoms with Crippen LogP contribution in [0.1, 0.15) is 26.5 Å². The average Bonchev–Trinajstić information content (AvgIpc) is 2.73. The molecule has 1 N–H and O–H groups in total. The minimum Gasteiger partial charge on any atom is -0.346 e. The molecule has 2 heterocycles. The molecule has 1 fully saturated rings. The van der Waals surface area contributed by atoms with Crippen molar-refractivity contribution in [1.82, 2.24) is 10.3 Å². The van der Waals surface area contributed by atoms with Gasteiger partial charge in [0.05, 0.1) is 5.69 Å². The largest absolute Gasteiger partial charge is 0.346 e. The van der Waals surface area contributed by atoms with Gasteiger partial charge >= 0.3 is 0 Å². The third-order valence-electron chi connectivity index (χ3n) is 2.79. The van der Waals surface area contributed by atoms with Crippen molar-refractivity contribution in [3.63, 3.8) is 0 Å². The molecule has 1 aromatic rings. The summed E-state index contributed by atoms with van der Waals surface area (Å²) in [6.45, 7) is 10.9. The third kappa shape index (κ3) is 3.60. The molecule has 96 valence electrons. The van der Waals surface area contributed by atoms with E-state index in [0.29, 0.717) is 10.5 Å². The topological polar surface area (TPSA) is 28.2 Å². The summed E-state index contributed by atoms with van der Waals surface area (Å²) in [7, 11) is 0. The Morgan fingerprint density at radius 2 is 2.12 bits per heavy atom. The first-order valence-electron chi connectivity index (χ1n) is 6.24. The molecule has 0 aliphatic carbocycles. The van der Waals surface area contributed by atoms with Crippen molar-refractivity contribution in [3.05, 3.63) is 11.1 Å². The Morgan fingerprint density at radius 3 is 2.76 bits per heavy atom. The molecule has 0 saturated carbocycles. The second-order valence-electron chi connectivity index (χ2n) is 4.56. The Kier molecular flexibility index (Phi) is 4.70. The lowest BCUT2D eigenvalue weighted by molar-refractivity contribution is 0.702. The highest BCUT2D eigenvalue weighted by Crippen LogP contribution is 2.30. The predicted molar refractivity (Wildman–Crippen MR) is 78.2 cm³/mol. The van der Waals surface area contributed by atoms with Crippen LogP contribution in [-0.2, 0) is 6.54 Å². The van der Waals surface area contributed by atoms with Crippen molar-refractivity contribution < 1.29 is 0 Å². The summed E-state index contributed by atoms with van der Waals surface area (Å²) in [6, 6.07) is 0. The maximum Gasteiger partial charge on any atom is 0.185 e. The van der Waals surface area contributed by atoms with E-state index in [9.17, 15) is 0 Å². The number of rotatable bonds is 4. The second kappa shape index (κ2) is 6.07. The fraction of sp³-hybridized carbons (Fsp3) is 0.750. The molecule has 2 rings (SSSR count). The second-order valence-corrected chi connectivity index (χ2v) is 7.28. The molecule has 2 atom stereocenters. The van der Waals surface area contributed by atoms with Crippen LogP contribution < -0.4 is 10.2 Å². The molecule has 0 aromatic carbocycles. The van der Waals surface area contributed by atoms with E-state index in [2.05, 4.69) is 48.1 Å². The van der Waals surface area contributed by atoms with E-state index in [1.807, 2.05) is 0 Å². The summed E-state index contributed by atoms with van der Waals surface area (Å²) in [6.07, 6.45) is 0. The summed E-state index contributed by atoms with van der Waals surface area (Å²) in [5.74, 6) is 0. The minimum atomic E-state index is 0.708. The molecule has 0 radical (unpaired) electrons. The Bertz CT molecular complexity index is 343. The molecule has 1 aliphatic rings. The lowest BCUT2D eigenvalue weighted by Crippen LogP contribution is -2.40.